The number of amides is 2. The number of likely N-dealkylation sites (tertiary alicyclic amines) is 1. The summed E-state index contributed by atoms with van der Waals surface area (Å²) in [5.74, 6) is -1.10. The normalized spacial score (nSPS) is 13.9. The molecule has 1 aromatic rings. The fourth-order valence-electron chi connectivity index (χ4n) is 2.24. The van der Waals surface area contributed by atoms with Gasteiger partial charge in [-0.25, -0.2) is 0 Å². The highest BCUT2D eigenvalue weighted by molar-refractivity contribution is 6.02. The Bertz CT molecular complexity index is 550. The van der Waals surface area contributed by atoms with E-state index in [9.17, 15) is 14.4 Å². The maximum Gasteiger partial charge on any atom is 0.315 e. The predicted molar refractivity (Wildman–Crippen MR) is 76.8 cm³/mol. The van der Waals surface area contributed by atoms with E-state index in [4.69, 9.17) is 0 Å². The summed E-state index contributed by atoms with van der Waals surface area (Å²) in [4.78, 5) is 36.7. The number of methoxy groups -OCH3 is 1. The molecule has 21 heavy (non-hydrogen) atoms. The molecule has 1 saturated heterocycles. The largest absolute Gasteiger partial charge is 0.469 e. The van der Waals surface area contributed by atoms with Gasteiger partial charge in [-0.1, -0.05) is 6.07 Å². The third kappa shape index (κ3) is 4.05. The number of esters is 1. The average molecular weight is 290 g/mol. The molecule has 0 spiro atoms. The van der Waals surface area contributed by atoms with Crippen LogP contribution in [-0.4, -0.2) is 42.9 Å². The second kappa shape index (κ2) is 6.88. The van der Waals surface area contributed by atoms with Gasteiger partial charge in [0.25, 0.3) is 5.91 Å². The lowest BCUT2D eigenvalue weighted by atomic mass is 10.1. The van der Waals surface area contributed by atoms with Gasteiger partial charge < -0.3 is 15.0 Å². The standard InChI is InChI=1S/C15H18N2O4/c1-21-14(19)10-13(18)16-12-6-4-5-11(9-12)15(20)17-7-2-3-8-17/h4-6,9H,2-3,7-8,10H2,1H3,(H,16,18). The third-order valence-electron chi connectivity index (χ3n) is 3.32. The first-order valence-electron chi connectivity index (χ1n) is 6.86. The average Bonchev–Trinajstić information content (AvgIpc) is 3.00. The van der Waals surface area contributed by atoms with Gasteiger partial charge in [0.2, 0.25) is 5.91 Å². The first-order valence-corrected chi connectivity index (χ1v) is 6.86. The molecule has 1 N–H and O–H groups in total. The van der Waals surface area contributed by atoms with Crippen molar-refractivity contribution in [2.24, 2.45) is 0 Å². The van der Waals surface area contributed by atoms with E-state index >= 15 is 0 Å². The Morgan fingerprint density at radius 2 is 1.95 bits per heavy atom. The van der Waals surface area contributed by atoms with Crippen LogP contribution < -0.4 is 5.32 Å². The van der Waals surface area contributed by atoms with Gasteiger partial charge in [-0.3, -0.25) is 14.4 Å². The van der Waals surface area contributed by atoms with Crippen LogP contribution in [0.3, 0.4) is 0 Å². The zero-order valence-electron chi connectivity index (χ0n) is 11.9. The van der Waals surface area contributed by atoms with Crippen LogP contribution in [-0.2, 0) is 14.3 Å². The van der Waals surface area contributed by atoms with Gasteiger partial charge in [-0.05, 0) is 31.0 Å². The number of nitrogens with one attached hydrogen (secondary N) is 1. The van der Waals surface area contributed by atoms with Gasteiger partial charge in [0.05, 0.1) is 7.11 Å². The van der Waals surface area contributed by atoms with Crippen molar-refractivity contribution in [1.29, 1.82) is 0 Å². The second-order valence-electron chi connectivity index (χ2n) is 4.88. The second-order valence-corrected chi connectivity index (χ2v) is 4.88. The molecule has 0 radical (unpaired) electrons. The molecule has 2 rings (SSSR count). The van der Waals surface area contributed by atoms with E-state index in [0.29, 0.717) is 11.3 Å². The quantitative estimate of drug-likeness (QED) is 0.672. The summed E-state index contributed by atoms with van der Waals surface area (Å²) < 4.78 is 4.43. The third-order valence-corrected chi connectivity index (χ3v) is 3.32. The molecule has 1 aliphatic heterocycles. The van der Waals surface area contributed by atoms with Crippen LogP contribution >= 0.6 is 0 Å². The van der Waals surface area contributed by atoms with Crippen LogP contribution in [0.4, 0.5) is 5.69 Å². The number of anilines is 1. The topological polar surface area (TPSA) is 75.7 Å². The number of carbonyl (C=O) groups excluding carboxylic acids is 3. The van der Waals surface area contributed by atoms with Gasteiger partial charge in [0, 0.05) is 24.3 Å². The number of benzene rings is 1. The Hall–Kier alpha value is -2.37. The van der Waals surface area contributed by atoms with E-state index in [2.05, 4.69) is 10.1 Å². The summed E-state index contributed by atoms with van der Waals surface area (Å²) in [5.41, 5.74) is 1.03. The van der Waals surface area contributed by atoms with E-state index in [1.165, 1.54) is 7.11 Å². The molecule has 0 aromatic heterocycles. The lowest BCUT2D eigenvalue weighted by molar-refractivity contribution is -0.142. The Labute approximate surface area is 123 Å². The minimum Gasteiger partial charge on any atom is -0.469 e. The summed E-state index contributed by atoms with van der Waals surface area (Å²) in [7, 11) is 1.23. The molecule has 0 atom stereocenters. The van der Waals surface area contributed by atoms with Gasteiger partial charge in [0.1, 0.15) is 6.42 Å². The van der Waals surface area contributed by atoms with Crippen LogP contribution in [0.2, 0.25) is 0 Å². The molecule has 1 heterocycles. The molecule has 6 nitrogen and oxygen atoms in total. The van der Waals surface area contributed by atoms with Crippen LogP contribution in [0.25, 0.3) is 0 Å². The van der Waals surface area contributed by atoms with E-state index in [1.807, 2.05) is 0 Å². The van der Waals surface area contributed by atoms with Crippen molar-refractivity contribution < 1.29 is 19.1 Å². The summed E-state index contributed by atoms with van der Waals surface area (Å²) in [5, 5.41) is 2.58. The van der Waals surface area contributed by atoms with Gasteiger partial charge in [0.15, 0.2) is 0 Å². The summed E-state index contributed by atoms with van der Waals surface area (Å²) in [6.07, 6.45) is 1.71. The molecule has 1 aromatic carbocycles. The molecule has 0 saturated carbocycles. The molecule has 1 aliphatic rings. The number of hydrogen-bond donors (Lipinski definition) is 1. The summed E-state index contributed by atoms with van der Waals surface area (Å²) in [6.45, 7) is 1.55. The first-order chi connectivity index (χ1) is 10.1. The molecule has 0 aliphatic carbocycles. The van der Waals surface area contributed by atoms with Crippen molar-refractivity contribution >= 4 is 23.5 Å². The fourth-order valence-corrected chi connectivity index (χ4v) is 2.24. The van der Waals surface area contributed by atoms with E-state index in [-0.39, 0.29) is 12.3 Å². The lowest BCUT2D eigenvalue weighted by Crippen LogP contribution is -2.27. The van der Waals surface area contributed by atoms with Crippen molar-refractivity contribution in [3.05, 3.63) is 29.8 Å². The molecule has 2 amide bonds. The van der Waals surface area contributed by atoms with Crippen LogP contribution in [0.5, 0.6) is 0 Å². The van der Waals surface area contributed by atoms with Crippen molar-refractivity contribution in [2.45, 2.75) is 19.3 Å². The van der Waals surface area contributed by atoms with E-state index < -0.39 is 11.9 Å². The van der Waals surface area contributed by atoms with Crippen LogP contribution in [0.1, 0.15) is 29.6 Å². The van der Waals surface area contributed by atoms with Gasteiger partial charge in [-0.15, -0.1) is 0 Å². The zero-order valence-corrected chi connectivity index (χ0v) is 11.9. The molecule has 0 bridgehead atoms. The van der Waals surface area contributed by atoms with Gasteiger partial charge in [-0.2, -0.15) is 0 Å². The lowest BCUT2D eigenvalue weighted by Gasteiger charge is -2.15. The Morgan fingerprint density at radius 1 is 1.24 bits per heavy atom. The number of hydrogen-bond acceptors (Lipinski definition) is 4. The van der Waals surface area contributed by atoms with E-state index in [1.54, 1.807) is 29.2 Å². The molecular weight excluding hydrogens is 272 g/mol. The molecule has 112 valence electrons. The minimum atomic E-state index is -0.600. The number of nitrogens with zero attached hydrogens (tertiary/aromatic N) is 1. The van der Waals surface area contributed by atoms with Crippen LogP contribution in [0, 0.1) is 0 Å². The SMILES string of the molecule is COC(=O)CC(=O)Nc1cccc(C(=O)N2CCCC2)c1. The minimum absolute atomic E-state index is 0.0310. The van der Waals surface area contributed by atoms with E-state index in [0.717, 1.165) is 25.9 Å². The van der Waals surface area contributed by atoms with Crippen molar-refractivity contribution in [2.75, 3.05) is 25.5 Å². The number of ether oxygens (including phenoxy) is 1. The summed E-state index contributed by atoms with van der Waals surface area (Å²) in [6, 6.07) is 6.72. The first kappa shape index (κ1) is 15.0. The molecular formula is C15H18N2O4. The maximum absolute atomic E-state index is 12.2. The van der Waals surface area contributed by atoms with Crippen molar-refractivity contribution in [3.63, 3.8) is 0 Å². The highest BCUT2D eigenvalue weighted by atomic mass is 16.5. The monoisotopic (exact) mass is 290 g/mol. The van der Waals surface area contributed by atoms with Crippen molar-refractivity contribution in [3.8, 4) is 0 Å². The predicted octanol–water partition coefficient (Wildman–Crippen LogP) is 1.42. The molecule has 1 fully saturated rings. The Kier molecular flexibility index (Phi) is 4.92. The maximum atomic E-state index is 12.2. The molecule has 6 heteroatoms. The highest BCUT2D eigenvalue weighted by Gasteiger charge is 2.19. The zero-order chi connectivity index (χ0) is 15.2. The van der Waals surface area contributed by atoms with Gasteiger partial charge >= 0.3 is 5.97 Å². The van der Waals surface area contributed by atoms with Crippen LogP contribution in [0.15, 0.2) is 24.3 Å². The highest BCUT2D eigenvalue weighted by Crippen LogP contribution is 2.16. The van der Waals surface area contributed by atoms with Crippen molar-refractivity contribution in [1.82, 2.24) is 4.90 Å². The smallest absolute Gasteiger partial charge is 0.315 e. The number of rotatable bonds is 4. The summed E-state index contributed by atoms with van der Waals surface area (Å²) >= 11 is 0. The Morgan fingerprint density at radius 3 is 2.62 bits per heavy atom. The Balaban J connectivity index is 2.02. The fraction of sp³-hybridized carbons (Fsp3) is 0.400. The molecule has 0 unspecified atom stereocenters. The number of carbonyl (C=O) groups is 3.